The monoisotopic (exact) mass is 524 g/mol. The van der Waals surface area contributed by atoms with E-state index in [0.717, 1.165) is 5.56 Å². The molecule has 3 N–H and O–H groups in total. The third kappa shape index (κ3) is 8.28. The minimum absolute atomic E-state index is 0.188. The van der Waals surface area contributed by atoms with Crippen LogP contribution in [-0.4, -0.2) is 45.2 Å². The number of hydrogen-bond donors (Lipinski definition) is 2. The van der Waals surface area contributed by atoms with Crippen molar-refractivity contribution in [3.05, 3.63) is 72.1 Å². The molecule has 1 aromatic heterocycles. The number of rotatable bonds is 12. The maximum Gasteiger partial charge on any atom is 0.302 e. The molecule has 0 radical (unpaired) electrons. The van der Waals surface area contributed by atoms with E-state index in [1.807, 2.05) is 48.5 Å². The normalized spacial score (nSPS) is 13.9. The molecule has 0 aliphatic rings. The topological polar surface area (TPSA) is 107 Å². The number of ether oxygens (including phenoxy) is 1. The summed E-state index contributed by atoms with van der Waals surface area (Å²) in [7, 11) is 0. The van der Waals surface area contributed by atoms with Crippen molar-refractivity contribution in [2.75, 3.05) is 6.54 Å². The molecule has 9 heteroatoms. The maximum absolute atomic E-state index is 14.4. The fourth-order valence-electron chi connectivity index (χ4n) is 4.39. The second-order valence-corrected chi connectivity index (χ2v) is 10.1. The lowest BCUT2D eigenvalue weighted by atomic mass is 9.77. The number of carbonyl (C=O) groups is 2. The molecule has 0 saturated heterocycles. The van der Waals surface area contributed by atoms with E-state index in [4.69, 9.17) is 22.7 Å². The minimum Gasteiger partial charge on any atom is -0.462 e. The predicted octanol–water partition coefficient (Wildman–Crippen LogP) is 4.90. The number of halogens is 1. The highest BCUT2D eigenvalue weighted by Crippen LogP contribution is 2.36. The highest BCUT2D eigenvalue weighted by atomic mass is 32.1. The number of para-hydroxylation sites is 2. The Morgan fingerprint density at radius 3 is 2.35 bits per heavy atom. The van der Waals surface area contributed by atoms with E-state index in [9.17, 15) is 14.0 Å². The molecule has 2 aromatic carbocycles. The first kappa shape index (κ1) is 28.1. The van der Waals surface area contributed by atoms with Crippen molar-refractivity contribution in [3.63, 3.8) is 0 Å². The molecule has 0 spiro atoms. The smallest absolute Gasteiger partial charge is 0.302 e. The molecule has 7 nitrogen and oxygen atoms in total. The summed E-state index contributed by atoms with van der Waals surface area (Å²) >= 11 is 5.40. The molecule has 3 atom stereocenters. The summed E-state index contributed by atoms with van der Waals surface area (Å²) in [6.45, 7) is 4.55. The molecular weight excluding hydrogens is 491 g/mol. The number of alkyl halides is 1. The summed E-state index contributed by atoms with van der Waals surface area (Å²) in [5.41, 5.74) is 7.12. The molecule has 0 aliphatic heterocycles. The Morgan fingerprint density at radius 2 is 1.73 bits per heavy atom. The van der Waals surface area contributed by atoms with Gasteiger partial charge < -0.3 is 15.8 Å². The van der Waals surface area contributed by atoms with Gasteiger partial charge in [-0.25, -0.2) is 9.37 Å². The lowest BCUT2D eigenvalue weighted by Crippen LogP contribution is -2.39. The average molecular weight is 525 g/mol. The maximum atomic E-state index is 14.4. The van der Waals surface area contributed by atoms with Crippen LogP contribution in [0.2, 0.25) is 0 Å². The van der Waals surface area contributed by atoms with Gasteiger partial charge in [-0.2, -0.15) is 0 Å². The van der Waals surface area contributed by atoms with Crippen molar-refractivity contribution in [3.8, 4) is 0 Å². The van der Waals surface area contributed by atoms with E-state index < -0.39 is 29.6 Å². The minimum atomic E-state index is -1.41. The Labute approximate surface area is 222 Å². The van der Waals surface area contributed by atoms with Gasteiger partial charge in [0.25, 0.3) is 5.91 Å². The lowest BCUT2D eigenvalue weighted by molar-refractivity contribution is -0.148. The first-order valence-electron chi connectivity index (χ1n) is 12.3. The van der Waals surface area contributed by atoms with E-state index >= 15 is 0 Å². The second-order valence-electron chi connectivity index (χ2n) is 9.64. The number of nitrogens with two attached hydrogens (primary N) is 1. The van der Waals surface area contributed by atoms with Crippen molar-refractivity contribution in [2.24, 2.45) is 11.7 Å². The molecular formula is C28H33FN4O3S. The quantitative estimate of drug-likeness (QED) is 0.256. The molecule has 3 rings (SSSR count). The highest BCUT2D eigenvalue weighted by Gasteiger charge is 2.36. The van der Waals surface area contributed by atoms with Crippen LogP contribution < -0.4 is 11.1 Å². The van der Waals surface area contributed by atoms with E-state index in [0.29, 0.717) is 23.9 Å². The number of thiocarbonyl (C=S) groups is 1. The Hall–Kier alpha value is -3.46. The molecule has 0 bridgehead atoms. The number of aromatic nitrogens is 2. The van der Waals surface area contributed by atoms with Crippen molar-refractivity contribution in [1.29, 1.82) is 0 Å². The highest BCUT2D eigenvalue weighted by molar-refractivity contribution is 7.80. The van der Waals surface area contributed by atoms with Crippen LogP contribution in [0.15, 0.2) is 60.8 Å². The van der Waals surface area contributed by atoms with Crippen molar-refractivity contribution in [2.45, 2.75) is 57.7 Å². The van der Waals surface area contributed by atoms with Gasteiger partial charge in [0.2, 0.25) is 0 Å². The Kier molecular flexibility index (Phi) is 9.63. The average Bonchev–Trinajstić information content (AvgIpc) is 2.85. The number of nitrogens with one attached hydrogen (secondary N) is 1. The molecule has 0 fully saturated rings. The Balaban J connectivity index is 1.81. The van der Waals surface area contributed by atoms with Gasteiger partial charge in [0.05, 0.1) is 22.2 Å². The summed E-state index contributed by atoms with van der Waals surface area (Å²) in [5.74, 6) is -1.69. The summed E-state index contributed by atoms with van der Waals surface area (Å²) in [5, 5.41) is 2.84. The van der Waals surface area contributed by atoms with Gasteiger partial charge >= 0.3 is 5.97 Å². The lowest BCUT2D eigenvalue weighted by Gasteiger charge is -2.34. The number of amides is 1. The summed E-state index contributed by atoms with van der Waals surface area (Å²) in [6.07, 6.45) is 1.69. The molecule has 0 saturated carbocycles. The summed E-state index contributed by atoms with van der Waals surface area (Å²) < 4.78 is 20.2. The number of nitrogens with zero attached hydrogens (tertiary/aromatic N) is 2. The van der Waals surface area contributed by atoms with E-state index in [-0.39, 0.29) is 29.6 Å². The fraction of sp³-hybridized carbons (Fsp3) is 0.393. The van der Waals surface area contributed by atoms with Crippen LogP contribution in [0.1, 0.15) is 62.0 Å². The Bertz CT molecular complexity index is 1230. The molecule has 1 amide bonds. The van der Waals surface area contributed by atoms with Crippen LogP contribution in [0, 0.1) is 5.92 Å². The number of hydrogen-bond acceptors (Lipinski definition) is 6. The first-order valence-corrected chi connectivity index (χ1v) is 12.7. The van der Waals surface area contributed by atoms with Crippen molar-refractivity contribution < 1.29 is 18.7 Å². The standard InChI is InChI=1S/C28H33FN4O3S/c1-18(34)36-24(14-16-31-27(35)23-17-32-21-11-7-8-12-22(21)33-23)25(19-9-5-4-6-10-19)20(26(30)37)13-15-28(2,3)29/h4-12,17,20,24-25H,13-16H2,1-3H3,(H2,30,37)(H,31,35). The van der Waals surface area contributed by atoms with Crippen LogP contribution in [0.3, 0.4) is 0 Å². The van der Waals surface area contributed by atoms with Crippen LogP contribution >= 0.6 is 12.2 Å². The van der Waals surface area contributed by atoms with E-state index in [1.165, 1.54) is 27.0 Å². The van der Waals surface area contributed by atoms with Crippen molar-refractivity contribution >= 4 is 40.1 Å². The van der Waals surface area contributed by atoms with Crippen LogP contribution in [0.25, 0.3) is 11.0 Å². The number of carbonyl (C=O) groups excluding carboxylic acids is 2. The van der Waals surface area contributed by atoms with Crippen LogP contribution in [-0.2, 0) is 9.53 Å². The van der Waals surface area contributed by atoms with Gasteiger partial charge in [-0.3, -0.25) is 14.6 Å². The first-order chi connectivity index (χ1) is 17.5. The second kappa shape index (κ2) is 12.7. The van der Waals surface area contributed by atoms with E-state index in [1.54, 1.807) is 6.07 Å². The largest absolute Gasteiger partial charge is 0.462 e. The van der Waals surface area contributed by atoms with Gasteiger partial charge in [0.1, 0.15) is 17.5 Å². The number of benzene rings is 2. The Morgan fingerprint density at radius 1 is 1.08 bits per heavy atom. The van der Waals surface area contributed by atoms with Crippen LogP contribution in [0.5, 0.6) is 0 Å². The van der Waals surface area contributed by atoms with Crippen LogP contribution in [0.4, 0.5) is 4.39 Å². The molecule has 196 valence electrons. The fourth-order valence-corrected chi connectivity index (χ4v) is 4.65. The SMILES string of the molecule is CC(=O)OC(CCNC(=O)c1cnc2ccccc2n1)C(c1ccccc1)C(CCC(C)(C)F)C(N)=S. The summed E-state index contributed by atoms with van der Waals surface area (Å²) in [4.78, 5) is 33.8. The molecule has 1 heterocycles. The van der Waals surface area contributed by atoms with Gasteiger partial charge in [0.15, 0.2) is 0 Å². The van der Waals surface area contributed by atoms with E-state index in [2.05, 4.69) is 15.3 Å². The zero-order valence-electron chi connectivity index (χ0n) is 21.3. The molecule has 0 aliphatic carbocycles. The predicted molar refractivity (Wildman–Crippen MR) is 146 cm³/mol. The molecule has 37 heavy (non-hydrogen) atoms. The van der Waals surface area contributed by atoms with Gasteiger partial charge in [-0.05, 0) is 44.4 Å². The molecule has 3 aromatic rings. The zero-order valence-corrected chi connectivity index (χ0v) is 22.1. The molecule has 3 unspecified atom stereocenters. The number of fused-ring (bicyclic) bond motifs is 1. The number of esters is 1. The third-order valence-electron chi connectivity index (χ3n) is 6.15. The van der Waals surface area contributed by atoms with Gasteiger partial charge in [0, 0.05) is 31.7 Å². The third-order valence-corrected chi connectivity index (χ3v) is 6.45. The van der Waals surface area contributed by atoms with Gasteiger partial charge in [-0.1, -0.05) is 54.7 Å². The van der Waals surface area contributed by atoms with Crippen molar-refractivity contribution in [1.82, 2.24) is 15.3 Å². The zero-order chi connectivity index (χ0) is 27.0. The van der Waals surface area contributed by atoms with Gasteiger partial charge in [-0.15, -0.1) is 0 Å². The summed E-state index contributed by atoms with van der Waals surface area (Å²) in [6, 6.07) is 16.7.